The third kappa shape index (κ3) is 2.74. The van der Waals surface area contributed by atoms with Crippen molar-refractivity contribution in [1.29, 1.82) is 0 Å². The van der Waals surface area contributed by atoms with Crippen LogP contribution in [0.15, 0.2) is 40.9 Å². The molecule has 0 bridgehead atoms. The molecule has 0 saturated carbocycles. The van der Waals surface area contributed by atoms with Crippen molar-refractivity contribution in [2.45, 2.75) is 6.54 Å². The minimum absolute atomic E-state index is 0.0548. The molecular weight excluding hydrogens is 452 g/mol. The summed E-state index contributed by atoms with van der Waals surface area (Å²) < 4.78 is 14.9. The summed E-state index contributed by atoms with van der Waals surface area (Å²) in [4.78, 5) is 25.8. The van der Waals surface area contributed by atoms with Gasteiger partial charge in [0.05, 0.1) is 17.7 Å². The minimum Gasteiger partial charge on any atom is -0.270 e. The van der Waals surface area contributed by atoms with Crippen molar-refractivity contribution in [1.82, 2.24) is 4.90 Å². The second-order valence-corrected chi connectivity index (χ2v) is 6.83. The Bertz CT molecular complexity index is 758. The first-order chi connectivity index (χ1) is 9.95. The Hall–Kier alpha value is -1.28. The van der Waals surface area contributed by atoms with E-state index in [2.05, 4.69) is 38.5 Å². The van der Waals surface area contributed by atoms with E-state index in [0.29, 0.717) is 21.2 Å². The van der Waals surface area contributed by atoms with Crippen LogP contribution in [-0.2, 0) is 6.54 Å². The summed E-state index contributed by atoms with van der Waals surface area (Å²) in [6, 6.07) is 9.46. The van der Waals surface area contributed by atoms with Gasteiger partial charge in [-0.1, -0.05) is 15.9 Å². The summed E-state index contributed by atoms with van der Waals surface area (Å²) in [5.41, 5.74) is 1.37. The number of halogens is 3. The maximum Gasteiger partial charge on any atom is 0.261 e. The van der Waals surface area contributed by atoms with Gasteiger partial charge in [-0.2, -0.15) is 0 Å². The van der Waals surface area contributed by atoms with Crippen LogP contribution < -0.4 is 0 Å². The number of nitrogens with zero attached hydrogens (tertiary/aromatic N) is 1. The van der Waals surface area contributed by atoms with Crippen molar-refractivity contribution in [3.63, 3.8) is 0 Å². The largest absolute Gasteiger partial charge is 0.270 e. The molecule has 2 aromatic carbocycles. The van der Waals surface area contributed by atoms with Gasteiger partial charge < -0.3 is 0 Å². The normalized spacial score (nSPS) is 13.8. The van der Waals surface area contributed by atoms with Gasteiger partial charge in [0, 0.05) is 8.04 Å². The minimum atomic E-state index is -0.412. The van der Waals surface area contributed by atoms with E-state index in [4.69, 9.17) is 0 Å². The van der Waals surface area contributed by atoms with Crippen molar-refractivity contribution >= 4 is 50.3 Å². The Kier molecular flexibility index (Phi) is 3.83. The third-order valence-corrected chi connectivity index (χ3v) is 4.32. The molecular formula is C15H8BrFINO2. The van der Waals surface area contributed by atoms with Crippen LogP contribution in [-0.4, -0.2) is 16.7 Å². The quantitative estimate of drug-likeness (QED) is 0.503. The number of amides is 2. The second kappa shape index (κ2) is 5.49. The van der Waals surface area contributed by atoms with E-state index in [1.807, 2.05) is 0 Å². The molecule has 1 heterocycles. The van der Waals surface area contributed by atoms with Crippen molar-refractivity contribution in [3.8, 4) is 0 Å². The molecule has 3 rings (SSSR count). The fourth-order valence-electron chi connectivity index (χ4n) is 2.29. The lowest BCUT2D eigenvalue weighted by Crippen LogP contribution is -2.29. The molecule has 6 heteroatoms. The molecule has 0 N–H and O–H groups in total. The van der Waals surface area contributed by atoms with Crippen LogP contribution >= 0.6 is 38.5 Å². The first-order valence-corrected chi connectivity index (χ1v) is 7.93. The predicted molar refractivity (Wildman–Crippen MR) is 87.5 cm³/mol. The second-order valence-electron chi connectivity index (χ2n) is 4.66. The lowest BCUT2D eigenvalue weighted by Gasteiger charge is -2.14. The lowest BCUT2D eigenvalue weighted by atomic mass is 10.1. The zero-order valence-corrected chi connectivity index (χ0v) is 14.3. The number of benzene rings is 2. The SMILES string of the molecule is O=C1c2ccc(I)cc2C(=O)N1Cc1cc(F)cc(Br)c1. The number of carbonyl (C=O) groups excluding carboxylic acids is 2. The standard InChI is InChI=1S/C15H8BrFINO2/c16-9-3-8(4-10(17)5-9)7-19-14(20)12-2-1-11(18)6-13(12)15(19)21/h1-6H,7H2. The number of rotatable bonds is 2. The van der Waals surface area contributed by atoms with E-state index in [9.17, 15) is 14.0 Å². The molecule has 1 aliphatic rings. The van der Waals surface area contributed by atoms with Gasteiger partial charge in [-0.3, -0.25) is 14.5 Å². The number of hydrogen-bond acceptors (Lipinski definition) is 2. The maximum atomic E-state index is 13.4. The Labute approximate surface area is 142 Å². The fraction of sp³-hybridized carbons (Fsp3) is 0.0667. The van der Waals surface area contributed by atoms with E-state index < -0.39 is 5.82 Å². The van der Waals surface area contributed by atoms with Gasteiger partial charge in [-0.05, 0) is 64.6 Å². The van der Waals surface area contributed by atoms with Gasteiger partial charge >= 0.3 is 0 Å². The Morgan fingerprint density at radius 1 is 1.05 bits per heavy atom. The Morgan fingerprint density at radius 2 is 1.76 bits per heavy atom. The Morgan fingerprint density at radius 3 is 2.48 bits per heavy atom. The van der Waals surface area contributed by atoms with E-state index in [1.54, 1.807) is 24.3 Å². The van der Waals surface area contributed by atoms with Crippen molar-refractivity contribution in [2.24, 2.45) is 0 Å². The van der Waals surface area contributed by atoms with Crippen LogP contribution in [0.3, 0.4) is 0 Å². The first kappa shape index (κ1) is 14.6. The van der Waals surface area contributed by atoms with Gasteiger partial charge in [0.2, 0.25) is 0 Å². The average Bonchev–Trinajstić information content (AvgIpc) is 2.62. The molecule has 0 atom stereocenters. The monoisotopic (exact) mass is 459 g/mol. The average molecular weight is 460 g/mol. The summed E-state index contributed by atoms with van der Waals surface area (Å²) in [5.74, 6) is -1.09. The molecule has 21 heavy (non-hydrogen) atoms. The van der Waals surface area contributed by atoms with Crippen molar-refractivity contribution in [3.05, 3.63) is 66.9 Å². The summed E-state index contributed by atoms with van der Waals surface area (Å²) >= 11 is 5.29. The third-order valence-electron chi connectivity index (χ3n) is 3.20. The van der Waals surface area contributed by atoms with Gasteiger partial charge in [-0.15, -0.1) is 0 Å². The molecule has 2 aromatic rings. The number of fused-ring (bicyclic) bond motifs is 1. The van der Waals surface area contributed by atoms with E-state index >= 15 is 0 Å². The molecule has 1 aliphatic heterocycles. The summed E-state index contributed by atoms with van der Waals surface area (Å²) in [7, 11) is 0. The molecule has 3 nitrogen and oxygen atoms in total. The highest BCUT2D eigenvalue weighted by molar-refractivity contribution is 14.1. The van der Waals surface area contributed by atoms with Crippen LogP contribution in [0.25, 0.3) is 0 Å². The highest BCUT2D eigenvalue weighted by Gasteiger charge is 2.35. The smallest absolute Gasteiger partial charge is 0.261 e. The molecule has 0 radical (unpaired) electrons. The summed E-state index contributed by atoms with van der Waals surface area (Å²) in [5, 5.41) is 0. The lowest BCUT2D eigenvalue weighted by molar-refractivity contribution is 0.0642. The predicted octanol–water partition coefficient (Wildman–Crippen LogP) is 3.99. The summed E-state index contributed by atoms with van der Waals surface area (Å²) in [6.07, 6.45) is 0. The van der Waals surface area contributed by atoms with Gasteiger partial charge in [-0.25, -0.2) is 4.39 Å². The van der Waals surface area contributed by atoms with Crippen LogP contribution in [0.5, 0.6) is 0 Å². The van der Waals surface area contributed by atoms with E-state index in [0.717, 1.165) is 8.47 Å². The van der Waals surface area contributed by atoms with Crippen LogP contribution in [0, 0.1) is 9.39 Å². The number of hydrogen-bond donors (Lipinski definition) is 0. The van der Waals surface area contributed by atoms with E-state index in [-0.39, 0.29) is 18.4 Å². The van der Waals surface area contributed by atoms with Crippen molar-refractivity contribution in [2.75, 3.05) is 0 Å². The van der Waals surface area contributed by atoms with Crippen LogP contribution in [0.2, 0.25) is 0 Å². The molecule has 0 fully saturated rings. The topological polar surface area (TPSA) is 37.4 Å². The first-order valence-electron chi connectivity index (χ1n) is 6.06. The summed E-state index contributed by atoms with van der Waals surface area (Å²) in [6.45, 7) is 0.0548. The Balaban J connectivity index is 1.95. The highest BCUT2D eigenvalue weighted by Crippen LogP contribution is 2.27. The fourth-order valence-corrected chi connectivity index (χ4v) is 3.30. The molecule has 2 amide bonds. The molecule has 0 aliphatic carbocycles. The van der Waals surface area contributed by atoms with Gasteiger partial charge in [0.25, 0.3) is 11.8 Å². The number of carbonyl (C=O) groups is 2. The van der Waals surface area contributed by atoms with Crippen molar-refractivity contribution < 1.29 is 14.0 Å². The van der Waals surface area contributed by atoms with Crippen LogP contribution in [0.4, 0.5) is 4.39 Å². The van der Waals surface area contributed by atoms with E-state index in [1.165, 1.54) is 12.1 Å². The highest BCUT2D eigenvalue weighted by atomic mass is 127. The zero-order valence-electron chi connectivity index (χ0n) is 10.6. The molecule has 0 unspecified atom stereocenters. The maximum absolute atomic E-state index is 13.4. The zero-order chi connectivity index (χ0) is 15.1. The molecule has 0 aromatic heterocycles. The number of imide groups is 1. The van der Waals surface area contributed by atoms with Gasteiger partial charge in [0.15, 0.2) is 0 Å². The van der Waals surface area contributed by atoms with Crippen LogP contribution in [0.1, 0.15) is 26.3 Å². The molecule has 0 spiro atoms. The molecule has 0 saturated heterocycles. The van der Waals surface area contributed by atoms with Gasteiger partial charge in [0.1, 0.15) is 5.82 Å². The molecule has 106 valence electrons.